The monoisotopic (exact) mass is 284 g/mol. The van der Waals surface area contributed by atoms with Crippen LogP contribution in [0.5, 0.6) is 0 Å². The third-order valence-electron chi connectivity index (χ3n) is 3.23. The van der Waals surface area contributed by atoms with Crippen LogP contribution < -0.4 is 0 Å². The molecule has 7 heteroatoms. The average Bonchev–Trinajstić information content (AvgIpc) is 2.86. The van der Waals surface area contributed by atoms with E-state index in [4.69, 9.17) is 0 Å². The van der Waals surface area contributed by atoms with Crippen LogP contribution in [-0.4, -0.2) is 58.0 Å². The number of rotatable bonds is 6. The molecular weight excluding hydrogens is 268 g/mol. The minimum Gasteiger partial charge on any atom is -0.282 e. The molecule has 6 nitrogen and oxygen atoms in total. The van der Waals surface area contributed by atoms with Gasteiger partial charge in [0.2, 0.25) is 23.6 Å². The molecule has 0 atom stereocenters. The summed E-state index contributed by atoms with van der Waals surface area (Å²) in [5.74, 6) is 0.887. The van der Waals surface area contributed by atoms with E-state index in [0.29, 0.717) is 50.3 Å². The summed E-state index contributed by atoms with van der Waals surface area (Å²) in [4.78, 5) is 47.9. The van der Waals surface area contributed by atoms with Gasteiger partial charge < -0.3 is 0 Å². The number of likely N-dealkylation sites (tertiary alicyclic amines) is 2. The predicted octanol–water partition coefficient (Wildman–Crippen LogP) is 0.0176. The smallest absolute Gasteiger partial charge is 0.229 e. The summed E-state index contributed by atoms with van der Waals surface area (Å²) < 4.78 is 0. The Balaban J connectivity index is 1.62. The van der Waals surface area contributed by atoms with Gasteiger partial charge >= 0.3 is 0 Å². The van der Waals surface area contributed by atoms with E-state index in [9.17, 15) is 19.2 Å². The summed E-state index contributed by atoms with van der Waals surface area (Å²) in [6, 6.07) is 0. The van der Waals surface area contributed by atoms with Crippen molar-refractivity contribution in [3.05, 3.63) is 0 Å². The summed E-state index contributed by atoms with van der Waals surface area (Å²) in [6.07, 6.45) is 1.28. The van der Waals surface area contributed by atoms with Gasteiger partial charge in [0.15, 0.2) is 0 Å². The molecule has 4 amide bonds. The molecule has 2 aliphatic heterocycles. The molecule has 104 valence electrons. The van der Waals surface area contributed by atoms with E-state index < -0.39 is 0 Å². The van der Waals surface area contributed by atoms with Crippen molar-refractivity contribution >= 4 is 35.4 Å². The van der Waals surface area contributed by atoms with Crippen molar-refractivity contribution in [2.24, 2.45) is 0 Å². The molecule has 0 aliphatic carbocycles. The maximum atomic E-state index is 11.3. The lowest BCUT2D eigenvalue weighted by Crippen LogP contribution is -2.32. The molecule has 0 aromatic rings. The minimum atomic E-state index is -0.101. The topological polar surface area (TPSA) is 74.8 Å². The largest absolute Gasteiger partial charge is 0.282 e. The maximum absolute atomic E-state index is 11.3. The lowest BCUT2D eigenvalue weighted by Gasteiger charge is -2.15. The van der Waals surface area contributed by atoms with Crippen molar-refractivity contribution in [1.29, 1.82) is 0 Å². The maximum Gasteiger partial charge on any atom is 0.229 e. The fourth-order valence-corrected chi connectivity index (χ4v) is 2.99. The van der Waals surface area contributed by atoms with E-state index in [1.54, 1.807) is 11.8 Å². The molecule has 2 rings (SSSR count). The van der Waals surface area contributed by atoms with Gasteiger partial charge in [0.25, 0.3) is 0 Å². The number of carbonyl (C=O) groups excluding carboxylic acids is 4. The van der Waals surface area contributed by atoms with E-state index >= 15 is 0 Å². The summed E-state index contributed by atoms with van der Waals surface area (Å²) in [6.45, 7) is 0.842. The fourth-order valence-electron chi connectivity index (χ4n) is 2.16. The Morgan fingerprint density at radius 1 is 0.684 bits per heavy atom. The van der Waals surface area contributed by atoms with Gasteiger partial charge in [-0.05, 0) is 0 Å². The number of hydrogen-bond acceptors (Lipinski definition) is 5. The molecule has 0 spiro atoms. The Labute approximate surface area is 115 Å². The highest BCUT2D eigenvalue weighted by Crippen LogP contribution is 2.15. The molecule has 2 aliphatic rings. The highest BCUT2D eigenvalue weighted by atomic mass is 32.2. The lowest BCUT2D eigenvalue weighted by atomic mass is 10.4. The fraction of sp³-hybridized carbons (Fsp3) is 0.667. The molecule has 2 heterocycles. The molecular formula is C12H16N2O4S. The highest BCUT2D eigenvalue weighted by Gasteiger charge is 2.29. The molecule has 19 heavy (non-hydrogen) atoms. The van der Waals surface area contributed by atoms with Crippen LogP contribution in [0, 0.1) is 0 Å². The third kappa shape index (κ3) is 3.34. The normalized spacial score (nSPS) is 20.0. The van der Waals surface area contributed by atoms with Crippen LogP contribution in [0.15, 0.2) is 0 Å². The Morgan fingerprint density at radius 2 is 1.00 bits per heavy atom. The van der Waals surface area contributed by atoms with Crippen LogP contribution in [-0.2, 0) is 19.2 Å². The summed E-state index contributed by atoms with van der Waals surface area (Å²) in [5.41, 5.74) is 0. The number of amides is 4. The number of imide groups is 2. The van der Waals surface area contributed by atoms with Crippen LogP contribution in [0.2, 0.25) is 0 Å². The van der Waals surface area contributed by atoms with Gasteiger partial charge in [-0.2, -0.15) is 11.8 Å². The van der Waals surface area contributed by atoms with E-state index in [1.165, 1.54) is 9.80 Å². The quantitative estimate of drug-likeness (QED) is 0.507. The van der Waals surface area contributed by atoms with Gasteiger partial charge in [-0.1, -0.05) is 0 Å². The molecule has 2 saturated heterocycles. The minimum absolute atomic E-state index is 0.101. The van der Waals surface area contributed by atoms with Crippen LogP contribution in [0.25, 0.3) is 0 Å². The second kappa shape index (κ2) is 6.18. The number of carbonyl (C=O) groups is 4. The van der Waals surface area contributed by atoms with E-state index in [0.717, 1.165) is 0 Å². The summed E-state index contributed by atoms with van der Waals surface area (Å²) in [7, 11) is 0. The second-order valence-electron chi connectivity index (χ2n) is 4.49. The first-order valence-corrected chi connectivity index (χ1v) is 7.49. The zero-order valence-electron chi connectivity index (χ0n) is 10.6. The van der Waals surface area contributed by atoms with Crippen molar-refractivity contribution in [3.63, 3.8) is 0 Å². The Morgan fingerprint density at radius 3 is 1.32 bits per heavy atom. The molecule has 2 fully saturated rings. The first-order chi connectivity index (χ1) is 9.09. The average molecular weight is 284 g/mol. The SMILES string of the molecule is O=C1CCC(=O)N1CCSCCN1C(=O)CCC1=O. The van der Waals surface area contributed by atoms with Crippen molar-refractivity contribution in [2.75, 3.05) is 24.6 Å². The van der Waals surface area contributed by atoms with Gasteiger partial charge in [0.05, 0.1) is 0 Å². The number of hydrogen-bond donors (Lipinski definition) is 0. The zero-order valence-corrected chi connectivity index (χ0v) is 11.4. The van der Waals surface area contributed by atoms with Crippen LogP contribution in [0.1, 0.15) is 25.7 Å². The van der Waals surface area contributed by atoms with Gasteiger partial charge in [-0.15, -0.1) is 0 Å². The van der Waals surface area contributed by atoms with Crippen molar-refractivity contribution < 1.29 is 19.2 Å². The Bertz CT molecular complexity index is 354. The molecule has 0 N–H and O–H groups in total. The Hall–Kier alpha value is -1.37. The van der Waals surface area contributed by atoms with Gasteiger partial charge in [0, 0.05) is 50.3 Å². The first-order valence-electron chi connectivity index (χ1n) is 6.33. The first kappa shape index (κ1) is 14.0. The molecule has 0 radical (unpaired) electrons. The summed E-state index contributed by atoms with van der Waals surface area (Å²) in [5, 5.41) is 0. The van der Waals surface area contributed by atoms with Gasteiger partial charge in [0.1, 0.15) is 0 Å². The van der Waals surface area contributed by atoms with Crippen molar-refractivity contribution in [2.45, 2.75) is 25.7 Å². The standard InChI is InChI=1S/C12H16N2O4S/c15-9-1-2-10(16)13(9)5-7-19-8-6-14-11(17)3-4-12(14)18/h1-8H2. The second-order valence-corrected chi connectivity index (χ2v) is 5.72. The highest BCUT2D eigenvalue weighted by molar-refractivity contribution is 7.99. The van der Waals surface area contributed by atoms with Crippen LogP contribution in [0.3, 0.4) is 0 Å². The van der Waals surface area contributed by atoms with Crippen molar-refractivity contribution in [1.82, 2.24) is 9.80 Å². The number of thioether (sulfide) groups is 1. The van der Waals surface area contributed by atoms with E-state index in [-0.39, 0.29) is 23.6 Å². The molecule has 0 aromatic carbocycles. The Kier molecular flexibility index (Phi) is 4.57. The molecule has 0 unspecified atom stereocenters. The van der Waals surface area contributed by atoms with Gasteiger partial charge in [-0.3, -0.25) is 29.0 Å². The molecule has 0 bridgehead atoms. The molecule has 0 saturated carbocycles. The van der Waals surface area contributed by atoms with Crippen LogP contribution in [0.4, 0.5) is 0 Å². The molecule has 0 aromatic heterocycles. The number of nitrogens with zero attached hydrogens (tertiary/aromatic N) is 2. The van der Waals surface area contributed by atoms with E-state index in [1.807, 2.05) is 0 Å². The lowest BCUT2D eigenvalue weighted by molar-refractivity contribution is -0.139. The third-order valence-corrected chi connectivity index (χ3v) is 4.17. The predicted molar refractivity (Wildman–Crippen MR) is 69.2 cm³/mol. The van der Waals surface area contributed by atoms with Crippen molar-refractivity contribution in [3.8, 4) is 0 Å². The zero-order chi connectivity index (χ0) is 13.8. The van der Waals surface area contributed by atoms with Crippen LogP contribution >= 0.6 is 11.8 Å². The van der Waals surface area contributed by atoms with Gasteiger partial charge in [-0.25, -0.2) is 0 Å². The summed E-state index contributed by atoms with van der Waals surface area (Å²) >= 11 is 1.54. The van der Waals surface area contributed by atoms with E-state index in [2.05, 4.69) is 0 Å².